The van der Waals surface area contributed by atoms with E-state index in [-0.39, 0.29) is 0 Å². The van der Waals surface area contributed by atoms with Gasteiger partial charge in [-0.3, -0.25) is 0 Å². The average Bonchev–Trinajstić information content (AvgIpc) is 2.54. The number of carboxylic acid groups (broad SMARTS) is 1. The molecule has 2 rings (SSSR count). The molecule has 0 amide bonds. The topological polar surface area (TPSA) is 137 Å². The first kappa shape index (κ1) is 17.4. The fraction of sp³-hybridized carbons (Fsp3) is 0.400. The SMILES string of the molecule is O=C(O)/C=C\c1ccc(OC2O[C@H](CO)[C@@H](O)[C@H](O)[C@H]2O)cc1. The smallest absolute Gasteiger partial charge is 0.328 e. The van der Waals surface area contributed by atoms with Crippen LogP contribution < -0.4 is 4.74 Å². The lowest BCUT2D eigenvalue weighted by Crippen LogP contribution is -2.60. The van der Waals surface area contributed by atoms with Gasteiger partial charge < -0.3 is 35.0 Å². The minimum Gasteiger partial charge on any atom is -0.478 e. The summed E-state index contributed by atoms with van der Waals surface area (Å²) in [5, 5.41) is 46.9. The van der Waals surface area contributed by atoms with Gasteiger partial charge in [0.25, 0.3) is 0 Å². The summed E-state index contributed by atoms with van der Waals surface area (Å²) in [4.78, 5) is 10.4. The lowest BCUT2D eigenvalue weighted by atomic mass is 9.99. The number of ether oxygens (including phenoxy) is 2. The molecule has 1 saturated heterocycles. The summed E-state index contributed by atoms with van der Waals surface area (Å²) in [5.41, 5.74) is 0.633. The molecule has 5 atom stereocenters. The molecule has 1 aromatic rings. The van der Waals surface area contributed by atoms with E-state index in [0.717, 1.165) is 6.08 Å². The second-order valence-corrected chi connectivity index (χ2v) is 5.06. The van der Waals surface area contributed by atoms with Crippen LogP contribution in [0.3, 0.4) is 0 Å². The second-order valence-electron chi connectivity index (χ2n) is 5.06. The number of aliphatic carboxylic acids is 1. The predicted octanol–water partition coefficient (Wildman–Crippen LogP) is -1.04. The first-order valence-electron chi connectivity index (χ1n) is 6.90. The van der Waals surface area contributed by atoms with E-state index < -0.39 is 43.3 Å². The van der Waals surface area contributed by atoms with Crippen LogP contribution in [0.25, 0.3) is 6.08 Å². The molecular weight excluding hydrogens is 308 g/mol. The van der Waals surface area contributed by atoms with E-state index in [0.29, 0.717) is 11.3 Å². The molecule has 23 heavy (non-hydrogen) atoms. The summed E-state index contributed by atoms with van der Waals surface area (Å²) in [5.74, 6) is -0.756. The van der Waals surface area contributed by atoms with E-state index in [9.17, 15) is 20.1 Å². The molecule has 1 aromatic carbocycles. The van der Waals surface area contributed by atoms with E-state index in [1.165, 1.54) is 18.2 Å². The largest absolute Gasteiger partial charge is 0.478 e. The highest BCUT2D eigenvalue weighted by Gasteiger charge is 2.44. The molecule has 1 heterocycles. The van der Waals surface area contributed by atoms with Gasteiger partial charge in [0.1, 0.15) is 30.2 Å². The third-order valence-electron chi connectivity index (χ3n) is 3.40. The van der Waals surface area contributed by atoms with Gasteiger partial charge in [0, 0.05) is 6.08 Å². The van der Waals surface area contributed by atoms with Crippen molar-refractivity contribution in [2.45, 2.75) is 30.7 Å². The summed E-state index contributed by atoms with van der Waals surface area (Å²) in [6.07, 6.45) is -4.35. The fourth-order valence-electron chi connectivity index (χ4n) is 2.12. The molecule has 0 aliphatic carbocycles. The molecule has 5 N–H and O–H groups in total. The van der Waals surface area contributed by atoms with Gasteiger partial charge in [-0.05, 0) is 23.8 Å². The van der Waals surface area contributed by atoms with E-state index in [1.807, 2.05) is 0 Å². The predicted molar refractivity (Wildman–Crippen MR) is 77.5 cm³/mol. The van der Waals surface area contributed by atoms with Crippen LogP contribution in [0.1, 0.15) is 5.56 Å². The minimum absolute atomic E-state index is 0.307. The highest BCUT2D eigenvalue weighted by molar-refractivity contribution is 5.85. The normalized spacial score (nSPS) is 31.2. The van der Waals surface area contributed by atoms with Crippen LogP contribution in [0.5, 0.6) is 5.75 Å². The highest BCUT2D eigenvalue weighted by Crippen LogP contribution is 2.24. The van der Waals surface area contributed by atoms with Gasteiger partial charge in [0.15, 0.2) is 0 Å². The Morgan fingerprint density at radius 1 is 1.13 bits per heavy atom. The van der Waals surface area contributed by atoms with Crippen molar-refractivity contribution in [3.8, 4) is 5.75 Å². The summed E-state index contributed by atoms with van der Waals surface area (Å²) in [7, 11) is 0. The third kappa shape index (κ3) is 4.27. The van der Waals surface area contributed by atoms with Gasteiger partial charge >= 0.3 is 5.97 Å². The molecule has 1 aliphatic rings. The van der Waals surface area contributed by atoms with Crippen molar-refractivity contribution in [2.75, 3.05) is 6.61 Å². The molecular formula is C15H18O8. The van der Waals surface area contributed by atoms with Crippen molar-refractivity contribution >= 4 is 12.0 Å². The summed E-state index contributed by atoms with van der Waals surface area (Å²) >= 11 is 0. The molecule has 126 valence electrons. The Kier molecular flexibility index (Phi) is 5.69. The van der Waals surface area contributed by atoms with E-state index in [2.05, 4.69) is 0 Å². The molecule has 8 heteroatoms. The zero-order valence-electron chi connectivity index (χ0n) is 12.0. The molecule has 0 radical (unpaired) electrons. The van der Waals surface area contributed by atoms with Gasteiger partial charge in [-0.15, -0.1) is 0 Å². The first-order valence-corrected chi connectivity index (χ1v) is 6.90. The molecule has 1 fully saturated rings. The number of carboxylic acids is 1. The maximum absolute atomic E-state index is 10.4. The van der Waals surface area contributed by atoms with Crippen molar-refractivity contribution in [3.05, 3.63) is 35.9 Å². The Morgan fingerprint density at radius 2 is 1.78 bits per heavy atom. The Labute approximate surface area is 131 Å². The summed E-state index contributed by atoms with van der Waals surface area (Å²) in [6, 6.07) is 6.25. The number of hydrogen-bond acceptors (Lipinski definition) is 7. The van der Waals surface area contributed by atoms with Crippen LogP contribution in [0.4, 0.5) is 0 Å². The van der Waals surface area contributed by atoms with Gasteiger partial charge in [-0.1, -0.05) is 12.1 Å². The third-order valence-corrected chi connectivity index (χ3v) is 3.40. The van der Waals surface area contributed by atoms with Crippen LogP contribution in [0.15, 0.2) is 30.3 Å². The molecule has 8 nitrogen and oxygen atoms in total. The van der Waals surface area contributed by atoms with Crippen molar-refractivity contribution in [3.63, 3.8) is 0 Å². The van der Waals surface area contributed by atoms with Crippen molar-refractivity contribution in [1.29, 1.82) is 0 Å². The zero-order chi connectivity index (χ0) is 17.0. The Bertz CT molecular complexity index is 553. The maximum Gasteiger partial charge on any atom is 0.328 e. The van der Waals surface area contributed by atoms with E-state index in [4.69, 9.17) is 19.7 Å². The van der Waals surface area contributed by atoms with Crippen molar-refractivity contribution in [2.24, 2.45) is 0 Å². The molecule has 1 unspecified atom stereocenters. The van der Waals surface area contributed by atoms with Crippen molar-refractivity contribution in [1.82, 2.24) is 0 Å². The van der Waals surface area contributed by atoms with E-state index in [1.54, 1.807) is 12.1 Å². The van der Waals surface area contributed by atoms with E-state index >= 15 is 0 Å². The quantitative estimate of drug-likeness (QED) is 0.433. The number of aliphatic hydroxyl groups is 4. The molecule has 0 saturated carbocycles. The number of aliphatic hydroxyl groups excluding tert-OH is 4. The van der Waals surface area contributed by atoms with Crippen LogP contribution in [0, 0.1) is 0 Å². The van der Waals surface area contributed by atoms with Gasteiger partial charge in [0.05, 0.1) is 6.61 Å². The lowest BCUT2D eigenvalue weighted by Gasteiger charge is -2.39. The zero-order valence-corrected chi connectivity index (χ0v) is 12.0. The Morgan fingerprint density at radius 3 is 2.35 bits per heavy atom. The number of benzene rings is 1. The maximum atomic E-state index is 10.4. The van der Waals surface area contributed by atoms with Gasteiger partial charge in [0.2, 0.25) is 6.29 Å². The Hall–Kier alpha value is -1.97. The summed E-state index contributed by atoms with van der Waals surface area (Å²) in [6.45, 7) is -0.538. The number of hydrogen-bond donors (Lipinski definition) is 5. The number of rotatable bonds is 5. The highest BCUT2D eigenvalue weighted by atomic mass is 16.7. The van der Waals surface area contributed by atoms with Crippen LogP contribution >= 0.6 is 0 Å². The first-order chi connectivity index (χ1) is 10.9. The molecule has 0 bridgehead atoms. The van der Waals surface area contributed by atoms with Crippen LogP contribution in [-0.2, 0) is 9.53 Å². The molecule has 1 aliphatic heterocycles. The minimum atomic E-state index is -1.51. The Balaban J connectivity index is 2.04. The molecule has 0 aromatic heterocycles. The fourth-order valence-corrected chi connectivity index (χ4v) is 2.12. The summed E-state index contributed by atoms with van der Waals surface area (Å²) < 4.78 is 10.6. The van der Waals surface area contributed by atoms with Gasteiger partial charge in [-0.25, -0.2) is 4.79 Å². The van der Waals surface area contributed by atoms with Crippen molar-refractivity contribution < 1.29 is 39.8 Å². The van der Waals surface area contributed by atoms with Crippen LogP contribution in [0.2, 0.25) is 0 Å². The lowest BCUT2D eigenvalue weighted by molar-refractivity contribution is -0.277. The van der Waals surface area contributed by atoms with Gasteiger partial charge in [-0.2, -0.15) is 0 Å². The second kappa shape index (κ2) is 7.53. The standard InChI is InChI=1S/C15H18O8/c16-7-10-12(19)13(20)14(21)15(23-10)22-9-4-1-8(2-5-9)3-6-11(17)18/h1-6,10,12-16,19-21H,7H2,(H,17,18)/b6-3-/t10-,12-,13+,14-,15?/m1/s1. The monoisotopic (exact) mass is 326 g/mol. The molecule has 0 spiro atoms. The average molecular weight is 326 g/mol. The van der Waals surface area contributed by atoms with Crippen LogP contribution in [-0.4, -0.2) is 68.8 Å². The number of carbonyl (C=O) groups is 1.